The summed E-state index contributed by atoms with van der Waals surface area (Å²) in [5.74, 6) is 0.116. The Morgan fingerprint density at radius 2 is 2.35 bits per heavy atom. The van der Waals surface area contributed by atoms with Crippen LogP contribution in [0.4, 0.5) is 5.69 Å². The van der Waals surface area contributed by atoms with Crippen molar-refractivity contribution in [3.05, 3.63) is 39.9 Å². The topological polar surface area (TPSA) is 75.5 Å². The number of aryl methyl sites for hydroxylation is 1. The second kappa shape index (κ2) is 6.47. The highest BCUT2D eigenvalue weighted by atomic mass is 16.6. The number of hydrogen-bond donors (Lipinski definition) is 1. The van der Waals surface area contributed by atoms with Gasteiger partial charge in [0.2, 0.25) is 5.91 Å². The number of amides is 1. The molecule has 1 fully saturated rings. The standard InChI is InChI=1S/C14H19N3O3/c1-11-10-15-7-8-16(11)14(18)6-5-12-3-2-4-13(9-12)17(19)20/h2-4,9,11,15H,5-8,10H2,1H3/t11-/m1/s1. The van der Waals surface area contributed by atoms with Gasteiger partial charge >= 0.3 is 0 Å². The van der Waals surface area contributed by atoms with Crippen molar-refractivity contribution in [3.63, 3.8) is 0 Å². The Bertz CT molecular complexity index is 504. The van der Waals surface area contributed by atoms with Crippen molar-refractivity contribution >= 4 is 11.6 Å². The molecule has 1 atom stereocenters. The summed E-state index contributed by atoms with van der Waals surface area (Å²) in [5.41, 5.74) is 0.904. The molecule has 0 unspecified atom stereocenters. The Morgan fingerprint density at radius 3 is 3.05 bits per heavy atom. The lowest BCUT2D eigenvalue weighted by Crippen LogP contribution is -2.52. The molecule has 0 aromatic heterocycles. The molecule has 1 aromatic rings. The molecule has 1 saturated heterocycles. The van der Waals surface area contributed by atoms with E-state index >= 15 is 0 Å². The van der Waals surface area contributed by atoms with Gasteiger partial charge in [0, 0.05) is 44.2 Å². The smallest absolute Gasteiger partial charge is 0.269 e. The second-order valence-electron chi connectivity index (χ2n) is 5.07. The molecule has 1 aromatic carbocycles. The lowest BCUT2D eigenvalue weighted by molar-refractivity contribution is -0.384. The Labute approximate surface area is 117 Å². The predicted octanol–water partition coefficient (Wildman–Crippen LogP) is 1.35. The van der Waals surface area contributed by atoms with Crippen LogP contribution >= 0.6 is 0 Å². The van der Waals surface area contributed by atoms with Crippen LogP contribution in [0.1, 0.15) is 18.9 Å². The molecule has 1 aliphatic heterocycles. The molecule has 1 heterocycles. The molecule has 1 aliphatic rings. The van der Waals surface area contributed by atoms with Crippen LogP contribution in [0.2, 0.25) is 0 Å². The molecule has 0 bridgehead atoms. The van der Waals surface area contributed by atoms with Gasteiger partial charge in [-0.05, 0) is 18.9 Å². The number of nitrogens with zero attached hydrogens (tertiary/aromatic N) is 2. The number of hydrogen-bond acceptors (Lipinski definition) is 4. The third-order valence-electron chi connectivity index (χ3n) is 3.57. The first kappa shape index (κ1) is 14.5. The van der Waals surface area contributed by atoms with Crippen LogP contribution in [-0.2, 0) is 11.2 Å². The predicted molar refractivity (Wildman–Crippen MR) is 75.5 cm³/mol. The average molecular weight is 277 g/mol. The number of nitrogens with one attached hydrogen (secondary N) is 1. The summed E-state index contributed by atoms with van der Waals surface area (Å²) in [6, 6.07) is 6.69. The minimum Gasteiger partial charge on any atom is -0.337 e. The van der Waals surface area contributed by atoms with Crippen LogP contribution in [0.3, 0.4) is 0 Å². The van der Waals surface area contributed by atoms with Gasteiger partial charge in [0.05, 0.1) is 4.92 Å². The average Bonchev–Trinajstić information content (AvgIpc) is 2.45. The molecule has 1 amide bonds. The zero-order valence-corrected chi connectivity index (χ0v) is 11.5. The molecule has 2 rings (SSSR count). The minimum absolute atomic E-state index is 0.0745. The number of rotatable bonds is 4. The highest BCUT2D eigenvalue weighted by Gasteiger charge is 2.22. The first-order valence-electron chi connectivity index (χ1n) is 6.81. The van der Waals surface area contributed by atoms with E-state index in [4.69, 9.17) is 0 Å². The van der Waals surface area contributed by atoms with Crippen LogP contribution in [0, 0.1) is 10.1 Å². The Morgan fingerprint density at radius 1 is 1.55 bits per heavy atom. The molecule has 0 saturated carbocycles. The Balaban J connectivity index is 1.92. The first-order chi connectivity index (χ1) is 9.58. The van der Waals surface area contributed by atoms with Crippen LogP contribution in [0.5, 0.6) is 0 Å². The molecular formula is C14H19N3O3. The van der Waals surface area contributed by atoms with Crippen molar-refractivity contribution in [2.24, 2.45) is 0 Å². The zero-order valence-electron chi connectivity index (χ0n) is 11.5. The van der Waals surface area contributed by atoms with Gasteiger partial charge in [-0.15, -0.1) is 0 Å². The molecule has 6 nitrogen and oxygen atoms in total. The van der Waals surface area contributed by atoms with Crippen LogP contribution in [0.25, 0.3) is 0 Å². The van der Waals surface area contributed by atoms with Crippen molar-refractivity contribution < 1.29 is 9.72 Å². The fraction of sp³-hybridized carbons (Fsp3) is 0.500. The van der Waals surface area contributed by atoms with Gasteiger partial charge in [0.25, 0.3) is 5.69 Å². The molecule has 6 heteroatoms. The van der Waals surface area contributed by atoms with Gasteiger partial charge in [-0.1, -0.05) is 12.1 Å². The van der Waals surface area contributed by atoms with E-state index in [1.165, 1.54) is 12.1 Å². The van der Waals surface area contributed by atoms with E-state index in [0.29, 0.717) is 12.8 Å². The van der Waals surface area contributed by atoms with E-state index in [2.05, 4.69) is 5.32 Å². The summed E-state index contributed by atoms with van der Waals surface area (Å²) in [5, 5.41) is 13.9. The fourth-order valence-corrected chi connectivity index (χ4v) is 2.43. The van der Waals surface area contributed by atoms with Crippen molar-refractivity contribution in [2.75, 3.05) is 19.6 Å². The number of benzene rings is 1. The van der Waals surface area contributed by atoms with Gasteiger partial charge < -0.3 is 10.2 Å². The third-order valence-corrected chi connectivity index (χ3v) is 3.57. The Kier molecular flexibility index (Phi) is 4.68. The van der Waals surface area contributed by atoms with Crippen molar-refractivity contribution in [1.29, 1.82) is 0 Å². The van der Waals surface area contributed by atoms with E-state index in [1.807, 2.05) is 17.9 Å². The van der Waals surface area contributed by atoms with Crippen molar-refractivity contribution in [2.45, 2.75) is 25.8 Å². The summed E-state index contributed by atoms with van der Waals surface area (Å²) in [6.45, 7) is 4.40. The van der Waals surface area contributed by atoms with Gasteiger partial charge in [0.15, 0.2) is 0 Å². The summed E-state index contributed by atoms with van der Waals surface area (Å²) >= 11 is 0. The van der Waals surface area contributed by atoms with Gasteiger partial charge in [0.1, 0.15) is 0 Å². The lowest BCUT2D eigenvalue weighted by atomic mass is 10.1. The fourth-order valence-electron chi connectivity index (χ4n) is 2.43. The van der Waals surface area contributed by atoms with Gasteiger partial charge in [-0.2, -0.15) is 0 Å². The van der Waals surface area contributed by atoms with Crippen LogP contribution in [-0.4, -0.2) is 41.4 Å². The summed E-state index contributed by atoms with van der Waals surface area (Å²) < 4.78 is 0. The molecule has 108 valence electrons. The molecule has 1 N–H and O–H groups in total. The number of nitro benzene ring substituents is 1. The number of carbonyl (C=O) groups excluding carboxylic acids is 1. The van der Waals surface area contributed by atoms with Gasteiger partial charge in [-0.3, -0.25) is 14.9 Å². The molecule has 0 spiro atoms. The van der Waals surface area contributed by atoms with E-state index in [0.717, 1.165) is 25.2 Å². The largest absolute Gasteiger partial charge is 0.337 e. The molecular weight excluding hydrogens is 258 g/mol. The molecule has 20 heavy (non-hydrogen) atoms. The number of non-ortho nitro benzene ring substituents is 1. The van der Waals surface area contributed by atoms with Crippen molar-refractivity contribution in [1.82, 2.24) is 10.2 Å². The molecule has 0 aliphatic carbocycles. The maximum absolute atomic E-state index is 12.2. The number of carbonyl (C=O) groups is 1. The van der Waals surface area contributed by atoms with E-state index in [-0.39, 0.29) is 17.6 Å². The highest BCUT2D eigenvalue weighted by molar-refractivity contribution is 5.77. The maximum atomic E-state index is 12.2. The first-order valence-corrected chi connectivity index (χ1v) is 6.81. The number of nitro groups is 1. The zero-order chi connectivity index (χ0) is 14.5. The SMILES string of the molecule is C[C@@H]1CNCCN1C(=O)CCc1cccc([N+](=O)[O-])c1. The molecule has 0 radical (unpaired) electrons. The summed E-state index contributed by atoms with van der Waals surface area (Å²) in [4.78, 5) is 24.3. The normalized spacial score (nSPS) is 18.9. The van der Waals surface area contributed by atoms with Crippen LogP contribution < -0.4 is 5.32 Å². The number of piperazine rings is 1. The summed E-state index contributed by atoms with van der Waals surface area (Å²) in [6.07, 6.45) is 0.933. The summed E-state index contributed by atoms with van der Waals surface area (Å²) in [7, 11) is 0. The van der Waals surface area contributed by atoms with E-state index in [9.17, 15) is 14.9 Å². The maximum Gasteiger partial charge on any atom is 0.269 e. The second-order valence-corrected chi connectivity index (χ2v) is 5.07. The quantitative estimate of drug-likeness (QED) is 0.666. The third kappa shape index (κ3) is 3.54. The van der Waals surface area contributed by atoms with E-state index < -0.39 is 4.92 Å². The monoisotopic (exact) mass is 277 g/mol. The lowest BCUT2D eigenvalue weighted by Gasteiger charge is -2.34. The van der Waals surface area contributed by atoms with Crippen LogP contribution in [0.15, 0.2) is 24.3 Å². The van der Waals surface area contributed by atoms with E-state index in [1.54, 1.807) is 6.07 Å². The van der Waals surface area contributed by atoms with Gasteiger partial charge in [-0.25, -0.2) is 0 Å². The highest BCUT2D eigenvalue weighted by Crippen LogP contribution is 2.15. The Hall–Kier alpha value is -1.95. The minimum atomic E-state index is -0.413. The van der Waals surface area contributed by atoms with Crippen molar-refractivity contribution in [3.8, 4) is 0 Å².